The Morgan fingerprint density at radius 3 is 3.00 bits per heavy atom. The van der Waals surface area contributed by atoms with Gasteiger partial charge in [-0.1, -0.05) is 58.0 Å². The van der Waals surface area contributed by atoms with E-state index in [9.17, 15) is 4.79 Å². The van der Waals surface area contributed by atoms with Crippen LogP contribution in [-0.2, 0) is 0 Å². The minimum absolute atomic E-state index is 0.00306. The third-order valence-corrected chi connectivity index (χ3v) is 4.41. The zero-order chi connectivity index (χ0) is 12.5. The van der Waals surface area contributed by atoms with E-state index in [-0.39, 0.29) is 11.2 Å². The van der Waals surface area contributed by atoms with Gasteiger partial charge in [0.15, 0.2) is 5.16 Å². The Balaban J connectivity index is 1.81. The van der Waals surface area contributed by atoms with Crippen molar-refractivity contribution in [2.24, 2.45) is 0 Å². The van der Waals surface area contributed by atoms with E-state index in [1.807, 2.05) is 36.4 Å². The van der Waals surface area contributed by atoms with Crippen molar-refractivity contribution >= 4 is 39.7 Å². The molecule has 0 radical (unpaired) electrons. The Labute approximate surface area is 116 Å². The molecule has 1 unspecified atom stereocenters. The second-order valence-electron chi connectivity index (χ2n) is 3.74. The summed E-state index contributed by atoms with van der Waals surface area (Å²) in [7, 11) is 0. The highest BCUT2D eigenvalue weighted by atomic mass is 79.9. The van der Waals surface area contributed by atoms with Crippen LogP contribution in [0.3, 0.4) is 0 Å². The topological polar surface area (TPSA) is 47.8 Å². The van der Waals surface area contributed by atoms with Gasteiger partial charge >= 0.3 is 0 Å². The van der Waals surface area contributed by atoms with Gasteiger partial charge in [0.1, 0.15) is 11.6 Å². The van der Waals surface area contributed by atoms with Gasteiger partial charge in [0.25, 0.3) is 5.91 Å². The number of hydrogen-bond acceptors (Lipinski definition) is 4. The third kappa shape index (κ3) is 2.02. The highest BCUT2D eigenvalue weighted by molar-refractivity contribution is 9.10. The van der Waals surface area contributed by atoms with Crippen LogP contribution in [0.1, 0.15) is 10.4 Å². The van der Waals surface area contributed by atoms with Crippen LogP contribution >= 0.6 is 27.7 Å². The van der Waals surface area contributed by atoms with Gasteiger partial charge in [-0.25, -0.2) is 4.57 Å². The first kappa shape index (κ1) is 11.7. The van der Waals surface area contributed by atoms with E-state index in [1.54, 1.807) is 0 Å². The fraction of sp³-hybridized carbons (Fsp3) is 0.0833. The van der Waals surface area contributed by atoms with E-state index in [1.165, 1.54) is 22.7 Å². The number of nitrogens with zero attached hydrogens (tertiary/aromatic N) is 3. The summed E-state index contributed by atoms with van der Waals surface area (Å²) in [5, 5.41) is 8.02. The molecule has 2 heterocycles. The number of carbonyl (C=O) groups excluding carboxylic acids is 1. The molecule has 1 aromatic heterocycles. The zero-order valence-electron chi connectivity index (χ0n) is 9.15. The fourth-order valence-electron chi connectivity index (χ4n) is 1.68. The molecule has 18 heavy (non-hydrogen) atoms. The Morgan fingerprint density at radius 1 is 1.39 bits per heavy atom. The molecule has 0 saturated heterocycles. The monoisotopic (exact) mass is 321 g/mol. The van der Waals surface area contributed by atoms with E-state index in [4.69, 9.17) is 0 Å². The highest BCUT2D eigenvalue weighted by Crippen LogP contribution is 2.31. The minimum atomic E-state index is -0.220. The lowest BCUT2D eigenvalue weighted by atomic mass is 10.2. The molecule has 2 aromatic rings. The van der Waals surface area contributed by atoms with Crippen molar-refractivity contribution in [3.63, 3.8) is 0 Å². The predicted octanol–water partition coefficient (Wildman–Crippen LogP) is 2.87. The molecule has 0 spiro atoms. The summed E-state index contributed by atoms with van der Waals surface area (Å²) < 4.78 is 2.50. The molecule has 1 atom stereocenters. The van der Waals surface area contributed by atoms with E-state index >= 15 is 0 Å². The van der Waals surface area contributed by atoms with Crippen molar-refractivity contribution < 1.29 is 4.79 Å². The molecule has 0 fully saturated rings. The molecule has 90 valence electrons. The molecule has 4 nitrogen and oxygen atoms in total. The maximum absolute atomic E-state index is 12.0. The molecule has 1 aromatic carbocycles. The maximum atomic E-state index is 12.0. The van der Waals surface area contributed by atoms with Crippen LogP contribution in [0, 0.1) is 0 Å². The summed E-state index contributed by atoms with van der Waals surface area (Å²) in [6.45, 7) is 0. The molecule has 0 N–H and O–H groups in total. The second-order valence-corrected chi connectivity index (χ2v) is 5.70. The van der Waals surface area contributed by atoms with Crippen molar-refractivity contribution in [3.05, 3.63) is 46.7 Å². The van der Waals surface area contributed by atoms with Crippen LogP contribution in [0.25, 0.3) is 6.08 Å². The Bertz CT molecular complexity index is 638. The van der Waals surface area contributed by atoms with Crippen LogP contribution in [0.15, 0.2) is 46.3 Å². The van der Waals surface area contributed by atoms with Crippen molar-refractivity contribution in [2.75, 3.05) is 0 Å². The van der Waals surface area contributed by atoms with Gasteiger partial charge in [0.05, 0.1) is 0 Å². The number of halogens is 1. The van der Waals surface area contributed by atoms with Gasteiger partial charge in [0, 0.05) is 4.47 Å². The van der Waals surface area contributed by atoms with Gasteiger partial charge in [-0.15, -0.1) is 10.2 Å². The van der Waals surface area contributed by atoms with Crippen LogP contribution in [0.4, 0.5) is 0 Å². The largest absolute Gasteiger partial charge is 0.272 e. The van der Waals surface area contributed by atoms with Crippen LogP contribution < -0.4 is 0 Å². The SMILES string of the molecule is O=C1C(/C=C\c2ccccc2Br)Sc2nncn21. The number of hydrogen-bond donors (Lipinski definition) is 0. The van der Waals surface area contributed by atoms with Crippen LogP contribution in [0.2, 0.25) is 0 Å². The lowest BCUT2D eigenvalue weighted by molar-refractivity contribution is 0.0921. The Kier molecular flexibility index (Phi) is 3.05. The molecule has 6 heteroatoms. The van der Waals surface area contributed by atoms with Gasteiger partial charge in [0.2, 0.25) is 0 Å². The van der Waals surface area contributed by atoms with Crippen LogP contribution in [0.5, 0.6) is 0 Å². The Hall–Kier alpha value is -1.40. The number of thioether (sulfide) groups is 1. The van der Waals surface area contributed by atoms with E-state index in [0.717, 1.165) is 10.0 Å². The lowest BCUT2D eigenvalue weighted by Gasteiger charge is -2.00. The van der Waals surface area contributed by atoms with Crippen LogP contribution in [-0.4, -0.2) is 25.9 Å². The Morgan fingerprint density at radius 2 is 2.22 bits per heavy atom. The summed E-state index contributed by atoms with van der Waals surface area (Å²) >= 11 is 4.88. The normalized spacial score (nSPS) is 18.5. The quantitative estimate of drug-likeness (QED) is 0.853. The fourth-order valence-corrected chi connectivity index (χ4v) is 3.04. The summed E-state index contributed by atoms with van der Waals surface area (Å²) in [6.07, 6.45) is 5.29. The maximum Gasteiger partial charge on any atom is 0.251 e. The lowest BCUT2D eigenvalue weighted by Crippen LogP contribution is -2.14. The third-order valence-electron chi connectivity index (χ3n) is 2.59. The summed E-state index contributed by atoms with van der Waals surface area (Å²) in [5.41, 5.74) is 1.05. The molecular weight excluding hydrogens is 314 g/mol. The predicted molar refractivity (Wildman–Crippen MR) is 73.5 cm³/mol. The van der Waals surface area contributed by atoms with E-state index in [0.29, 0.717) is 5.16 Å². The smallest absolute Gasteiger partial charge is 0.251 e. The highest BCUT2D eigenvalue weighted by Gasteiger charge is 2.30. The molecule has 3 rings (SSSR count). The first-order valence-electron chi connectivity index (χ1n) is 5.29. The molecular formula is C12H8BrN3OS. The average Bonchev–Trinajstić information content (AvgIpc) is 2.93. The summed E-state index contributed by atoms with van der Waals surface area (Å²) in [4.78, 5) is 12.0. The number of benzene rings is 1. The zero-order valence-corrected chi connectivity index (χ0v) is 11.6. The molecule has 0 bridgehead atoms. The van der Waals surface area contributed by atoms with E-state index in [2.05, 4.69) is 26.1 Å². The molecule has 0 aliphatic carbocycles. The minimum Gasteiger partial charge on any atom is -0.272 e. The molecule has 1 aliphatic rings. The van der Waals surface area contributed by atoms with Gasteiger partial charge in [-0.05, 0) is 11.6 Å². The van der Waals surface area contributed by atoms with Crippen molar-refractivity contribution in [1.29, 1.82) is 0 Å². The summed E-state index contributed by atoms with van der Waals surface area (Å²) in [6, 6.07) is 7.88. The number of fused-ring (bicyclic) bond motifs is 1. The molecule has 0 amide bonds. The van der Waals surface area contributed by atoms with Gasteiger partial charge in [-0.3, -0.25) is 4.79 Å². The number of aromatic nitrogens is 3. The van der Waals surface area contributed by atoms with Crippen molar-refractivity contribution in [2.45, 2.75) is 10.4 Å². The van der Waals surface area contributed by atoms with Crippen molar-refractivity contribution in [3.8, 4) is 0 Å². The second kappa shape index (κ2) is 4.70. The van der Waals surface area contributed by atoms with E-state index < -0.39 is 0 Å². The van der Waals surface area contributed by atoms with Gasteiger partial charge in [-0.2, -0.15) is 0 Å². The molecule has 0 saturated carbocycles. The first-order chi connectivity index (χ1) is 8.75. The number of rotatable bonds is 2. The summed E-state index contributed by atoms with van der Waals surface area (Å²) in [5.74, 6) is 0.00306. The van der Waals surface area contributed by atoms with Crippen molar-refractivity contribution in [1.82, 2.24) is 14.8 Å². The van der Waals surface area contributed by atoms with Gasteiger partial charge < -0.3 is 0 Å². The number of carbonyl (C=O) groups is 1. The molecule has 1 aliphatic heterocycles. The standard InChI is InChI=1S/C12H8BrN3OS/c13-9-4-2-1-3-8(9)5-6-10-11(17)16-7-14-15-12(16)18-10/h1-7,10H/b6-5-. The first-order valence-corrected chi connectivity index (χ1v) is 6.96. The average molecular weight is 322 g/mol.